The summed E-state index contributed by atoms with van der Waals surface area (Å²) in [6.45, 7) is 4.00. The van der Waals surface area contributed by atoms with Gasteiger partial charge in [-0.25, -0.2) is 0 Å². The molecule has 0 bridgehead atoms. The summed E-state index contributed by atoms with van der Waals surface area (Å²) in [5.41, 5.74) is 12.5. The molecule has 0 nitrogen and oxygen atoms in total. The van der Waals surface area contributed by atoms with Gasteiger partial charge in [-0.15, -0.1) is 0 Å². The summed E-state index contributed by atoms with van der Waals surface area (Å²) in [5.74, 6) is 0. The largest absolute Gasteiger partial charge is 0.0683 e. The number of hydrogen-bond acceptors (Lipinski definition) is 0. The molecule has 11 aromatic rings. The second-order valence-electron chi connectivity index (χ2n) is 14.7. The summed E-state index contributed by atoms with van der Waals surface area (Å²) >= 11 is 0. The van der Waals surface area contributed by atoms with Gasteiger partial charge in [0.15, 0.2) is 0 Å². The van der Waals surface area contributed by atoms with E-state index in [4.69, 9.17) is 0 Å². The molecule has 0 amide bonds. The first-order chi connectivity index (χ1) is 28.8. The van der Waals surface area contributed by atoms with Gasteiger partial charge in [0.2, 0.25) is 0 Å². The highest BCUT2D eigenvalue weighted by molar-refractivity contribution is 6.24. The second-order valence-corrected chi connectivity index (χ2v) is 14.7. The lowest BCUT2D eigenvalue weighted by Crippen LogP contribution is -1.92. The molecule has 11 aromatic carbocycles. The monoisotopic (exact) mass is 738 g/mol. The first-order valence-corrected chi connectivity index (χ1v) is 20.4. The quantitative estimate of drug-likeness (QED) is 0.154. The van der Waals surface area contributed by atoms with E-state index in [9.17, 15) is 0 Å². The average Bonchev–Trinajstić information content (AvgIpc) is 3.31. The van der Waals surface area contributed by atoms with E-state index in [1.807, 2.05) is 13.8 Å². The molecule has 0 aliphatic heterocycles. The zero-order chi connectivity index (χ0) is 39.0. The van der Waals surface area contributed by atoms with Crippen LogP contribution in [0.2, 0.25) is 0 Å². The third kappa shape index (κ3) is 5.85. The average molecular weight is 739 g/mol. The Kier molecular flexibility index (Phi) is 9.09. The van der Waals surface area contributed by atoms with E-state index in [-0.39, 0.29) is 0 Å². The second kappa shape index (κ2) is 15.0. The van der Waals surface area contributed by atoms with Crippen LogP contribution in [0.25, 0.3) is 109 Å². The molecule has 0 unspecified atom stereocenters. The SMILES string of the molecule is CC.c1ccc(-c2c3ccccc3c(-c3ccccc3)c3cc(-c4ccc(-c5c6ccccc6c(-c6cccc7ccccc67)c6ccccc56)cc4)ccc23)cc1. The van der Waals surface area contributed by atoms with Crippen molar-refractivity contribution < 1.29 is 0 Å². The first-order valence-electron chi connectivity index (χ1n) is 20.4. The Morgan fingerprint density at radius 2 is 0.552 bits per heavy atom. The predicted octanol–water partition coefficient (Wildman–Crippen LogP) is 16.8. The first kappa shape index (κ1) is 35.2. The molecule has 58 heavy (non-hydrogen) atoms. The molecule has 274 valence electrons. The van der Waals surface area contributed by atoms with Crippen LogP contribution in [0.5, 0.6) is 0 Å². The lowest BCUT2D eigenvalue weighted by molar-refractivity contribution is 1.50. The number of rotatable bonds is 5. The lowest BCUT2D eigenvalue weighted by atomic mass is 9.84. The normalized spacial score (nSPS) is 11.3. The van der Waals surface area contributed by atoms with Crippen LogP contribution in [0, 0.1) is 0 Å². The topological polar surface area (TPSA) is 0 Å². The van der Waals surface area contributed by atoms with Crippen LogP contribution in [0.3, 0.4) is 0 Å². The van der Waals surface area contributed by atoms with E-state index in [0.29, 0.717) is 0 Å². The van der Waals surface area contributed by atoms with E-state index in [1.165, 1.54) is 109 Å². The smallest absolute Gasteiger partial charge is 0.00201 e. The van der Waals surface area contributed by atoms with Gasteiger partial charge in [-0.2, -0.15) is 0 Å². The zero-order valence-corrected chi connectivity index (χ0v) is 32.8. The number of benzene rings is 11. The molecule has 0 saturated heterocycles. The fourth-order valence-corrected chi connectivity index (χ4v) is 9.19. The Balaban J connectivity index is 0.00000201. The Labute approximate surface area is 340 Å². The van der Waals surface area contributed by atoms with Crippen molar-refractivity contribution in [2.75, 3.05) is 0 Å². The molecule has 0 spiro atoms. The van der Waals surface area contributed by atoms with Gasteiger partial charge < -0.3 is 0 Å². The zero-order valence-electron chi connectivity index (χ0n) is 32.8. The van der Waals surface area contributed by atoms with E-state index in [2.05, 4.69) is 218 Å². The molecule has 11 rings (SSSR count). The van der Waals surface area contributed by atoms with Crippen molar-refractivity contribution in [1.82, 2.24) is 0 Å². The standard InChI is InChI=1S/C56H36.C2H6/c1-3-17-39(18-4-1)53-45-23-9-10-24-46(45)55(40-19-5-2-6-20-40)52-36-42(34-35-51(52)53)37-30-32-41(33-31-37)54-47-25-11-13-27-49(47)56(50-28-14-12-26-48(50)54)44-29-15-21-38-16-7-8-22-43(38)44;1-2/h1-36H;1-2H3. The van der Waals surface area contributed by atoms with Crippen molar-refractivity contribution in [2.24, 2.45) is 0 Å². The van der Waals surface area contributed by atoms with Gasteiger partial charge in [0, 0.05) is 0 Å². The van der Waals surface area contributed by atoms with Crippen LogP contribution >= 0.6 is 0 Å². The Bertz CT molecular complexity index is 3200. The molecular formula is C58H42. The van der Waals surface area contributed by atoms with E-state index in [1.54, 1.807) is 0 Å². The van der Waals surface area contributed by atoms with Gasteiger partial charge in [0.05, 0.1) is 0 Å². The minimum Gasteiger partial charge on any atom is -0.0683 e. The summed E-state index contributed by atoms with van der Waals surface area (Å²) in [5, 5.41) is 12.7. The van der Waals surface area contributed by atoms with Crippen molar-refractivity contribution in [2.45, 2.75) is 13.8 Å². The van der Waals surface area contributed by atoms with Crippen LogP contribution in [-0.4, -0.2) is 0 Å². The van der Waals surface area contributed by atoms with Crippen LogP contribution in [-0.2, 0) is 0 Å². The lowest BCUT2D eigenvalue weighted by Gasteiger charge is -2.19. The summed E-state index contributed by atoms with van der Waals surface area (Å²) in [6.07, 6.45) is 0. The molecule has 0 aliphatic carbocycles. The van der Waals surface area contributed by atoms with Gasteiger partial charge in [0.25, 0.3) is 0 Å². The molecule has 0 saturated carbocycles. The van der Waals surface area contributed by atoms with Gasteiger partial charge in [-0.1, -0.05) is 226 Å². The highest BCUT2D eigenvalue weighted by Gasteiger charge is 2.20. The maximum absolute atomic E-state index is 2.41. The molecule has 0 radical (unpaired) electrons. The molecule has 0 fully saturated rings. The van der Waals surface area contributed by atoms with Crippen LogP contribution in [0.15, 0.2) is 218 Å². The highest BCUT2D eigenvalue weighted by atomic mass is 14.2. The molecule has 0 atom stereocenters. The van der Waals surface area contributed by atoms with Crippen LogP contribution in [0.4, 0.5) is 0 Å². The molecule has 0 aliphatic rings. The summed E-state index contributed by atoms with van der Waals surface area (Å²) in [7, 11) is 0. The van der Waals surface area contributed by atoms with Crippen molar-refractivity contribution >= 4 is 53.9 Å². The third-order valence-corrected chi connectivity index (χ3v) is 11.6. The van der Waals surface area contributed by atoms with E-state index in [0.717, 1.165) is 0 Å². The molecular weight excluding hydrogens is 697 g/mol. The summed E-state index contributed by atoms with van der Waals surface area (Å²) in [6, 6.07) is 80.2. The summed E-state index contributed by atoms with van der Waals surface area (Å²) < 4.78 is 0. The van der Waals surface area contributed by atoms with Crippen molar-refractivity contribution in [3.63, 3.8) is 0 Å². The molecule has 0 aromatic heterocycles. The maximum atomic E-state index is 2.41. The number of hydrogen-bond donors (Lipinski definition) is 0. The van der Waals surface area contributed by atoms with Gasteiger partial charge in [0.1, 0.15) is 0 Å². The number of fused-ring (bicyclic) bond motifs is 5. The fraction of sp³-hybridized carbons (Fsp3) is 0.0345. The van der Waals surface area contributed by atoms with Crippen LogP contribution in [0.1, 0.15) is 13.8 Å². The minimum absolute atomic E-state index is 1.20. The highest BCUT2D eigenvalue weighted by Crippen LogP contribution is 2.47. The molecule has 0 N–H and O–H groups in total. The van der Waals surface area contributed by atoms with E-state index < -0.39 is 0 Å². The van der Waals surface area contributed by atoms with Gasteiger partial charge in [-0.05, 0) is 116 Å². The Morgan fingerprint density at radius 1 is 0.207 bits per heavy atom. The summed E-state index contributed by atoms with van der Waals surface area (Å²) in [4.78, 5) is 0. The minimum atomic E-state index is 1.20. The van der Waals surface area contributed by atoms with E-state index >= 15 is 0 Å². The van der Waals surface area contributed by atoms with Gasteiger partial charge >= 0.3 is 0 Å². The Hall–Kier alpha value is -7.28. The van der Waals surface area contributed by atoms with Crippen LogP contribution < -0.4 is 0 Å². The predicted molar refractivity (Wildman–Crippen MR) is 252 cm³/mol. The molecule has 0 heteroatoms. The van der Waals surface area contributed by atoms with Crippen molar-refractivity contribution in [3.05, 3.63) is 218 Å². The fourth-order valence-electron chi connectivity index (χ4n) is 9.19. The van der Waals surface area contributed by atoms with Crippen molar-refractivity contribution in [3.8, 4) is 55.6 Å². The van der Waals surface area contributed by atoms with Crippen molar-refractivity contribution in [1.29, 1.82) is 0 Å². The van der Waals surface area contributed by atoms with Gasteiger partial charge in [-0.3, -0.25) is 0 Å². The third-order valence-electron chi connectivity index (χ3n) is 11.6. The maximum Gasteiger partial charge on any atom is -0.00201 e. The molecule has 0 heterocycles. The Morgan fingerprint density at radius 3 is 1.07 bits per heavy atom.